The van der Waals surface area contributed by atoms with Crippen LogP contribution in [-0.2, 0) is 27.1 Å². The van der Waals surface area contributed by atoms with Crippen LogP contribution in [0, 0.1) is 0 Å². The topological polar surface area (TPSA) is 77.0 Å². The summed E-state index contributed by atoms with van der Waals surface area (Å²) < 4.78 is 17.8. The van der Waals surface area contributed by atoms with Crippen molar-refractivity contribution < 1.29 is 23.9 Å². The first-order valence-corrected chi connectivity index (χ1v) is 10.9. The molecule has 1 fully saturated rings. The molecule has 7 heteroatoms. The highest BCUT2D eigenvalue weighted by Crippen LogP contribution is 2.38. The molecular formula is C25H32BNO5. The fourth-order valence-corrected chi connectivity index (χ4v) is 3.33. The van der Waals surface area contributed by atoms with E-state index in [0.717, 1.165) is 22.2 Å². The SMILES string of the molecule is CC1(C)OB(C(=Cc2cccc(CCO)c2)CNC(=O)OCc2ccccc2)OC1(C)C. The Labute approximate surface area is 190 Å². The zero-order valence-electron chi connectivity index (χ0n) is 19.3. The second kappa shape index (κ2) is 10.3. The maximum absolute atomic E-state index is 12.3. The van der Waals surface area contributed by atoms with Gasteiger partial charge in [-0.15, -0.1) is 0 Å². The lowest BCUT2D eigenvalue weighted by atomic mass is 9.77. The van der Waals surface area contributed by atoms with Crippen molar-refractivity contribution in [2.45, 2.75) is 51.9 Å². The molecule has 1 amide bonds. The normalized spacial score (nSPS) is 17.3. The highest BCUT2D eigenvalue weighted by Gasteiger charge is 2.52. The van der Waals surface area contributed by atoms with E-state index in [0.29, 0.717) is 6.42 Å². The maximum atomic E-state index is 12.3. The Morgan fingerprint density at radius 3 is 2.34 bits per heavy atom. The molecule has 0 aliphatic carbocycles. The number of ether oxygens (including phenoxy) is 1. The van der Waals surface area contributed by atoms with Crippen LogP contribution in [0.5, 0.6) is 0 Å². The molecule has 2 aromatic carbocycles. The third-order valence-electron chi connectivity index (χ3n) is 5.91. The molecule has 170 valence electrons. The number of aliphatic hydroxyl groups excluding tert-OH is 1. The number of benzene rings is 2. The highest BCUT2D eigenvalue weighted by atomic mass is 16.7. The monoisotopic (exact) mass is 437 g/mol. The molecule has 3 rings (SSSR count). The van der Waals surface area contributed by atoms with Crippen molar-refractivity contribution in [2.24, 2.45) is 0 Å². The number of amides is 1. The summed E-state index contributed by atoms with van der Waals surface area (Å²) in [5.74, 6) is 0. The number of nitrogens with one attached hydrogen (secondary N) is 1. The second-order valence-electron chi connectivity index (χ2n) is 8.94. The molecule has 1 aliphatic heterocycles. The maximum Gasteiger partial charge on any atom is 0.492 e. The van der Waals surface area contributed by atoms with Gasteiger partial charge >= 0.3 is 13.2 Å². The zero-order chi connectivity index (χ0) is 23.2. The molecule has 0 saturated carbocycles. The predicted octanol–water partition coefficient (Wildman–Crippen LogP) is 4.16. The summed E-state index contributed by atoms with van der Waals surface area (Å²) in [5.41, 5.74) is 2.68. The molecule has 0 spiro atoms. The van der Waals surface area contributed by atoms with Crippen molar-refractivity contribution in [3.63, 3.8) is 0 Å². The van der Waals surface area contributed by atoms with E-state index in [2.05, 4.69) is 5.32 Å². The summed E-state index contributed by atoms with van der Waals surface area (Å²) in [4.78, 5) is 12.3. The van der Waals surface area contributed by atoms with Crippen molar-refractivity contribution in [1.29, 1.82) is 0 Å². The van der Waals surface area contributed by atoms with Crippen LogP contribution in [0.1, 0.15) is 44.4 Å². The van der Waals surface area contributed by atoms with Gasteiger partial charge in [-0.3, -0.25) is 0 Å². The van der Waals surface area contributed by atoms with Crippen LogP contribution in [-0.4, -0.2) is 42.7 Å². The van der Waals surface area contributed by atoms with Crippen LogP contribution < -0.4 is 5.32 Å². The second-order valence-corrected chi connectivity index (χ2v) is 8.94. The number of aliphatic hydroxyl groups is 1. The number of hydrogen-bond donors (Lipinski definition) is 2. The molecule has 0 aromatic heterocycles. The molecule has 6 nitrogen and oxygen atoms in total. The average molecular weight is 437 g/mol. The van der Waals surface area contributed by atoms with Gasteiger partial charge in [0.15, 0.2) is 0 Å². The van der Waals surface area contributed by atoms with Gasteiger partial charge in [-0.25, -0.2) is 4.79 Å². The van der Waals surface area contributed by atoms with Gasteiger partial charge in [-0.05, 0) is 56.3 Å². The zero-order valence-corrected chi connectivity index (χ0v) is 19.3. The van der Waals surface area contributed by atoms with Gasteiger partial charge < -0.3 is 24.5 Å². The Hall–Kier alpha value is -2.61. The van der Waals surface area contributed by atoms with Crippen LogP contribution in [0.3, 0.4) is 0 Å². The van der Waals surface area contributed by atoms with Crippen LogP contribution >= 0.6 is 0 Å². The number of carbonyl (C=O) groups excluding carboxylic acids is 1. The fourth-order valence-electron chi connectivity index (χ4n) is 3.33. The first kappa shape index (κ1) is 24.0. The Morgan fingerprint density at radius 1 is 1.03 bits per heavy atom. The number of alkyl carbamates (subject to hydrolysis) is 1. The third kappa shape index (κ3) is 6.22. The molecule has 1 aliphatic rings. The van der Waals surface area contributed by atoms with E-state index in [1.54, 1.807) is 0 Å². The van der Waals surface area contributed by atoms with Crippen LogP contribution in [0.15, 0.2) is 60.1 Å². The van der Waals surface area contributed by atoms with Gasteiger partial charge in [0.25, 0.3) is 0 Å². The molecule has 2 aromatic rings. The fraction of sp³-hybridized carbons (Fsp3) is 0.400. The van der Waals surface area contributed by atoms with E-state index >= 15 is 0 Å². The van der Waals surface area contributed by atoms with Crippen molar-refractivity contribution in [1.82, 2.24) is 5.32 Å². The van der Waals surface area contributed by atoms with E-state index < -0.39 is 24.4 Å². The molecule has 0 unspecified atom stereocenters. The highest BCUT2D eigenvalue weighted by molar-refractivity contribution is 6.56. The first-order chi connectivity index (χ1) is 15.2. The van der Waals surface area contributed by atoms with E-state index in [-0.39, 0.29) is 19.8 Å². The van der Waals surface area contributed by atoms with Crippen molar-refractivity contribution in [3.05, 3.63) is 76.8 Å². The Bertz CT molecular complexity index is 926. The minimum Gasteiger partial charge on any atom is -0.445 e. The number of rotatable bonds is 8. The molecular weight excluding hydrogens is 405 g/mol. The third-order valence-corrected chi connectivity index (χ3v) is 5.91. The standard InChI is InChI=1S/C25H32BNO5/c1-24(2)25(3,4)32-26(31-24)22(16-21-12-8-11-19(15-21)13-14-28)17-27-23(29)30-18-20-9-6-5-7-10-20/h5-12,15-16,28H,13-14,17-18H2,1-4H3,(H,27,29). The lowest BCUT2D eigenvalue weighted by Gasteiger charge is -2.32. The van der Waals surface area contributed by atoms with Gasteiger partial charge in [0.2, 0.25) is 0 Å². The first-order valence-electron chi connectivity index (χ1n) is 10.9. The largest absolute Gasteiger partial charge is 0.492 e. The number of hydrogen-bond acceptors (Lipinski definition) is 5. The van der Waals surface area contributed by atoms with Crippen molar-refractivity contribution >= 4 is 19.3 Å². The van der Waals surface area contributed by atoms with Crippen LogP contribution in [0.25, 0.3) is 6.08 Å². The van der Waals surface area contributed by atoms with Crippen molar-refractivity contribution in [3.8, 4) is 0 Å². The molecule has 0 atom stereocenters. The van der Waals surface area contributed by atoms with E-state index in [1.807, 2.05) is 88.4 Å². The summed E-state index contributed by atoms with van der Waals surface area (Å²) in [5, 5.41) is 12.1. The smallest absolute Gasteiger partial charge is 0.445 e. The van der Waals surface area contributed by atoms with Crippen LogP contribution in [0.4, 0.5) is 4.79 Å². The van der Waals surface area contributed by atoms with Gasteiger partial charge in [0.05, 0.1) is 11.2 Å². The molecule has 0 radical (unpaired) electrons. The molecule has 1 heterocycles. The molecule has 32 heavy (non-hydrogen) atoms. The van der Waals surface area contributed by atoms with Crippen LogP contribution in [0.2, 0.25) is 0 Å². The van der Waals surface area contributed by atoms with E-state index in [4.69, 9.17) is 14.0 Å². The molecule has 2 N–H and O–H groups in total. The van der Waals surface area contributed by atoms with Gasteiger partial charge in [-0.1, -0.05) is 60.7 Å². The predicted molar refractivity (Wildman–Crippen MR) is 126 cm³/mol. The van der Waals surface area contributed by atoms with E-state index in [9.17, 15) is 9.90 Å². The lowest BCUT2D eigenvalue weighted by molar-refractivity contribution is 0.00578. The van der Waals surface area contributed by atoms with Gasteiger partial charge in [0, 0.05) is 13.2 Å². The van der Waals surface area contributed by atoms with Gasteiger partial charge in [-0.2, -0.15) is 0 Å². The Morgan fingerprint density at radius 2 is 1.69 bits per heavy atom. The minimum absolute atomic E-state index is 0.0893. The number of carbonyl (C=O) groups is 1. The summed E-state index contributed by atoms with van der Waals surface area (Å²) in [7, 11) is -0.601. The minimum atomic E-state index is -0.601. The lowest BCUT2D eigenvalue weighted by Crippen LogP contribution is -2.41. The van der Waals surface area contributed by atoms with Gasteiger partial charge in [0.1, 0.15) is 6.61 Å². The Balaban J connectivity index is 1.73. The average Bonchev–Trinajstić information content (AvgIpc) is 2.97. The Kier molecular flexibility index (Phi) is 7.77. The summed E-state index contributed by atoms with van der Waals surface area (Å²) >= 11 is 0. The summed E-state index contributed by atoms with van der Waals surface area (Å²) in [6.45, 7) is 8.48. The van der Waals surface area contributed by atoms with Crippen molar-refractivity contribution in [2.75, 3.05) is 13.2 Å². The summed E-state index contributed by atoms with van der Waals surface area (Å²) in [6, 6.07) is 17.4. The van der Waals surface area contributed by atoms with E-state index in [1.165, 1.54) is 0 Å². The quantitative estimate of drug-likeness (QED) is 0.607. The molecule has 1 saturated heterocycles. The summed E-state index contributed by atoms with van der Waals surface area (Å²) in [6.07, 6.45) is 2.03. The molecule has 0 bridgehead atoms.